The van der Waals surface area contributed by atoms with Crippen LogP contribution in [0.15, 0.2) is 23.8 Å². The van der Waals surface area contributed by atoms with Crippen LogP contribution in [0.5, 0.6) is 11.5 Å². The Kier molecular flexibility index (Phi) is 15.3. The van der Waals surface area contributed by atoms with Crippen molar-refractivity contribution in [1.82, 2.24) is 10.2 Å². The van der Waals surface area contributed by atoms with Gasteiger partial charge in [-0.1, -0.05) is 58.3 Å². The minimum Gasteiger partial charge on any atom is -0.493 e. The van der Waals surface area contributed by atoms with Gasteiger partial charge in [0, 0.05) is 37.1 Å². The van der Waals surface area contributed by atoms with E-state index in [9.17, 15) is 24.6 Å². The summed E-state index contributed by atoms with van der Waals surface area (Å²) in [5.41, 5.74) is 0.817. The summed E-state index contributed by atoms with van der Waals surface area (Å²) in [4.78, 5) is 39.9. The van der Waals surface area contributed by atoms with E-state index >= 15 is 0 Å². The van der Waals surface area contributed by atoms with Gasteiger partial charge in [-0.3, -0.25) is 14.4 Å². The van der Waals surface area contributed by atoms with E-state index in [2.05, 4.69) is 12.2 Å². The number of nitrogens with one attached hydrogen (secondary N) is 1. The molecule has 2 aliphatic rings. The molecule has 0 heterocycles. The second kappa shape index (κ2) is 18.6. The molecule has 0 spiro atoms. The SMILES string of the molecule is CCCCCCCCCCCC(=O)N(CC1CC1)[C@@H]1CC(C(=O)NCCO)=C[C@H](Oc2c(I)cc(C=O)cc2OC)[C@H]1O. The molecule has 240 valence electrons. The highest BCUT2D eigenvalue weighted by Crippen LogP contribution is 2.38. The molecule has 0 aliphatic heterocycles. The van der Waals surface area contributed by atoms with Gasteiger partial charge in [0.15, 0.2) is 11.5 Å². The molecule has 1 fully saturated rings. The van der Waals surface area contributed by atoms with Gasteiger partial charge in [-0.2, -0.15) is 0 Å². The lowest BCUT2D eigenvalue weighted by molar-refractivity contribution is -0.139. The van der Waals surface area contributed by atoms with Gasteiger partial charge in [-0.15, -0.1) is 0 Å². The van der Waals surface area contributed by atoms with E-state index in [1.54, 1.807) is 23.1 Å². The lowest BCUT2D eigenvalue weighted by atomic mass is 9.87. The molecular formula is C33H49IN2O7. The van der Waals surface area contributed by atoms with Crippen LogP contribution in [-0.4, -0.2) is 78.3 Å². The van der Waals surface area contributed by atoms with E-state index in [0.29, 0.717) is 45.1 Å². The molecule has 1 aromatic carbocycles. The van der Waals surface area contributed by atoms with E-state index in [1.807, 2.05) is 22.6 Å². The summed E-state index contributed by atoms with van der Waals surface area (Å²) < 4.78 is 12.4. The predicted molar refractivity (Wildman–Crippen MR) is 174 cm³/mol. The summed E-state index contributed by atoms with van der Waals surface area (Å²) in [7, 11) is 1.47. The average molecular weight is 713 g/mol. The van der Waals surface area contributed by atoms with E-state index in [1.165, 1.54) is 45.6 Å². The van der Waals surface area contributed by atoms with Gasteiger partial charge in [0.05, 0.1) is 23.3 Å². The largest absolute Gasteiger partial charge is 0.493 e. The average Bonchev–Trinajstić information content (AvgIpc) is 3.83. The molecule has 1 aromatic rings. The third-order valence-electron chi connectivity index (χ3n) is 8.22. The number of carbonyl (C=O) groups excluding carboxylic acids is 3. The molecule has 0 unspecified atom stereocenters. The molecule has 2 amide bonds. The number of unbranched alkanes of at least 4 members (excludes halogenated alkanes) is 8. The Balaban J connectivity index is 1.76. The number of amides is 2. The zero-order valence-corrected chi connectivity index (χ0v) is 27.9. The number of benzene rings is 1. The number of ether oxygens (including phenoxy) is 2. The normalized spacial score (nSPS) is 19.8. The van der Waals surface area contributed by atoms with Crippen molar-refractivity contribution in [3.05, 3.63) is 32.9 Å². The number of methoxy groups -OCH3 is 1. The Labute approximate surface area is 269 Å². The summed E-state index contributed by atoms with van der Waals surface area (Å²) >= 11 is 2.05. The quantitative estimate of drug-likeness (QED) is 0.0967. The molecule has 0 bridgehead atoms. The maximum atomic E-state index is 13.7. The molecule has 3 rings (SSSR count). The predicted octanol–water partition coefficient (Wildman–Crippen LogP) is 5.19. The Hall–Kier alpha value is -2.18. The number of nitrogens with zero attached hydrogens (tertiary/aromatic N) is 1. The second-order valence-electron chi connectivity index (χ2n) is 11.7. The van der Waals surface area contributed by atoms with Crippen LogP contribution in [0.2, 0.25) is 0 Å². The Bertz CT molecular complexity index is 1090. The number of hydrogen-bond donors (Lipinski definition) is 3. The third kappa shape index (κ3) is 11.0. The first-order valence-electron chi connectivity index (χ1n) is 15.9. The fourth-order valence-electron chi connectivity index (χ4n) is 5.57. The molecule has 3 atom stereocenters. The highest BCUT2D eigenvalue weighted by atomic mass is 127. The highest BCUT2D eigenvalue weighted by Gasteiger charge is 2.42. The molecule has 0 radical (unpaired) electrons. The minimum atomic E-state index is -1.09. The molecule has 0 saturated heterocycles. The standard InChI is InChI=1S/C33H49IN2O7/c1-3-4-5-6-7-8-9-10-11-12-30(39)36(21-23-13-14-23)27-19-25(33(41)35-15-16-37)20-28(31(27)40)43-32-26(34)17-24(22-38)18-29(32)42-2/h17-18,20,22-23,27-28,31,37,40H,3-16,19,21H2,1-2H3,(H,35,41)/t27-,28+,31+/m1/s1. The summed E-state index contributed by atoms with van der Waals surface area (Å²) in [6.07, 6.45) is 13.4. The molecule has 9 nitrogen and oxygen atoms in total. The Morgan fingerprint density at radius 1 is 1.09 bits per heavy atom. The monoisotopic (exact) mass is 712 g/mol. The second-order valence-corrected chi connectivity index (χ2v) is 12.9. The number of hydrogen-bond acceptors (Lipinski definition) is 7. The molecule has 43 heavy (non-hydrogen) atoms. The third-order valence-corrected chi connectivity index (χ3v) is 9.02. The zero-order valence-electron chi connectivity index (χ0n) is 25.7. The van der Waals surface area contributed by atoms with Gasteiger partial charge in [0.1, 0.15) is 18.5 Å². The lowest BCUT2D eigenvalue weighted by Gasteiger charge is -2.41. The van der Waals surface area contributed by atoms with Crippen LogP contribution in [0.1, 0.15) is 101 Å². The summed E-state index contributed by atoms with van der Waals surface area (Å²) in [6.45, 7) is 2.66. The molecule has 3 N–H and O–H groups in total. The number of rotatable bonds is 20. The summed E-state index contributed by atoms with van der Waals surface area (Å²) in [5.74, 6) is 0.708. The minimum absolute atomic E-state index is 0.00263. The molecule has 10 heteroatoms. The van der Waals surface area contributed by atoms with Crippen LogP contribution in [-0.2, 0) is 9.59 Å². The van der Waals surface area contributed by atoms with Gasteiger partial charge >= 0.3 is 0 Å². The first-order valence-corrected chi connectivity index (χ1v) is 17.0. The van der Waals surface area contributed by atoms with E-state index < -0.39 is 18.2 Å². The number of aldehydes is 1. The van der Waals surface area contributed by atoms with E-state index in [-0.39, 0.29) is 31.4 Å². The fourth-order valence-corrected chi connectivity index (χ4v) is 6.32. The maximum Gasteiger partial charge on any atom is 0.247 e. The number of halogens is 1. The van der Waals surface area contributed by atoms with Gasteiger partial charge < -0.3 is 29.9 Å². The lowest BCUT2D eigenvalue weighted by Crippen LogP contribution is -2.55. The van der Waals surface area contributed by atoms with Crippen molar-refractivity contribution >= 4 is 40.7 Å². The summed E-state index contributed by atoms with van der Waals surface area (Å²) in [6, 6.07) is 2.57. The smallest absolute Gasteiger partial charge is 0.247 e. The molecule has 2 aliphatic carbocycles. The van der Waals surface area contributed by atoms with Crippen molar-refractivity contribution in [2.24, 2.45) is 5.92 Å². The van der Waals surface area contributed by atoms with E-state index in [4.69, 9.17) is 9.47 Å². The number of carbonyl (C=O) groups is 3. The number of aliphatic hydroxyl groups is 2. The van der Waals surface area contributed by atoms with Crippen molar-refractivity contribution in [1.29, 1.82) is 0 Å². The first kappa shape index (κ1) is 35.3. The van der Waals surface area contributed by atoms with Gasteiger partial charge in [-0.05, 0) is 66.0 Å². The van der Waals surface area contributed by atoms with Crippen molar-refractivity contribution < 1.29 is 34.1 Å². The van der Waals surface area contributed by atoms with Crippen molar-refractivity contribution in [2.45, 2.75) is 109 Å². The van der Waals surface area contributed by atoms with Crippen LogP contribution in [0, 0.1) is 9.49 Å². The van der Waals surface area contributed by atoms with Gasteiger partial charge in [-0.25, -0.2) is 0 Å². The first-order chi connectivity index (χ1) is 20.8. The Morgan fingerprint density at radius 2 is 1.77 bits per heavy atom. The van der Waals surface area contributed by atoms with Crippen LogP contribution < -0.4 is 14.8 Å². The van der Waals surface area contributed by atoms with Gasteiger partial charge in [0.2, 0.25) is 11.8 Å². The molecule has 0 aromatic heterocycles. The van der Waals surface area contributed by atoms with Crippen LogP contribution in [0.25, 0.3) is 0 Å². The van der Waals surface area contributed by atoms with Crippen molar-refractivity contribution in [3.8, 4) is 11.5 Å². The zero-order chi connectivity index (χ0) is 31.2. The number of aliphatic hydroxyl groups excluding tert-OH is 2. The fraction of sp³-hybridized carbons (Fsp3) is 0.667. The molecule has 1 saturated carbocycles. The maximum absolute atomic E-state index is 13.7. The highest BCUT2D eigenvalue weighted by molar-refractivity contribution is 14.1. The summed E-state index contributed by atoms with van der Waals surface area (Å²) in [5, 5.41) is 23.6. The van der Waals surface area contributed by atoms with Crippen molar-refractivity contribution in [2.75, 3.05) is 26.8 Å². The van der Waals surface area contributed by atoms with Gasteiger partial charge in [0.25, 0.3) is 0 Å². The van der Waals surface area contributed by atoms with Crippen LogP contribution >= 0.6 is 22.6 Å². The van der Waals surface area contributed by atoms with Crippen LogP contribution in [0.3, 0.4) is 0 Å². The Morgan fingerprint density at radius 3 is 2.37 bits per heavy atom. The topological polar surface area (TPSA) is 125 Å². The van der Waals surface area contributed by atoms with Crippen molar-refractivity contribution in [3.63, 3.8) is 0 Å². The van der Waals surface area contributed by atoms with Crippen LogP contribution in [0.4, 0.5) is 0 Å². The van der Waals surface area contributed by atoms with E-state index in [0.717, 1.165) is 38.4 Å². The molecular weight excluding hydrogens is 663 g/mol.